The number of amides is 2. The van der Waals surface area contributed by atoms with E-state index in [0.717, 1.165) is 31.2 Å². The van der Waals surface area contributed by atoms with Gasteiger partial charge in [0.1, 0.15) is 6.61 Å². The van der Waals surface area contributed by atoms with Gasteiger partial charge in [-0.15, -0.1) is 0 Å². The van der Waals surface area contributed by atoms with E-state index in [1.165, 1.54) is 10.5 Å². The summed E-state index contributed by atoms with van der Waals surface area (Å²) in [6, 6.07) is 5.29. The lowest BCUT2D eigenvalue weighted by atomic mass is 9.92. The smallest absolute Gasteiger partial charge is 0.248 e. The van der Waals surface area contributed by atoms with Crippen LogP contribution < -0.4 is 4.72 Å². The average Bonchev–Trinajstić information content (AvgIpc) is 2.65. The molecule has 0 spiro atoms. The second-order valence-corrected chi connectivity index (χ2v) is 9.57. The predicted molar refractivity (Wildman–Crippen MR) is 108 cm³/mol. The van der Waals surface area contributed by atoms with Crippen molar-refractivity contribution in [2.75, 3.05) is 40.3 Å². The highest BCUT2D eigenvalue weighted by atomic mass is 32.2. The molecule has 9 heteroatoms. The van der Waals surface area contributed by atoms with E-state index in [-0.39, 0.29) is 42.4 Å². The number of carbonyl (C=O) groups is 2. The maximum absolute atomic E-state index is 12.5. The molecule has 0 radical (unpaired) electrons. The molecule has 1 aromatic rings. The number of likely N-dealkylation sites (N-methyl/N-ethyl adjacent to an activating group) is 1. The third-order valence-corrected chi connectivity index (χ3v) is 6.86. The number of rotatable bonds is 8. The van der Waals surface area contributed by atoms with E-state index in [1.54, 1.807) is 31.1 Å². The summed E-state index contributed by atoms with van der Waals surface area (Å²) in [5.74, 6) is -0.247. The lowest BCUT2D eigenvalue weighted by molar-refractivity contribution is -0.150. The molecule has 0 aromatic heterocycles. The van der Waals surface area contributed by atoms with Crippen LogP contribution in [0.4, 0.5) is 0 Å². The first-order valence-electron chi connectivity index (χ1n) is 9.97. The first-order valence-corrected chi connectivity index (χ1v) is 11.5. The Labute approximate surface area is 172 Å². The summed E-state index contributed by atoms with van der Waals surface area (Å²) in [7, 11) is -0.308. The SMILES string of the molecule is CN(C)C(=O)COC1CN(C(=O)CCNS(=O)(=O)c2ccc3c(c2)CCCC3)C1. The molecule has 2 amide bonds. The van der Waals surface area contributed by atoms with Gasteiger partial charge in [-0.25, -0.2) is 13.1 Å². The first kappa shape index (κ1) is 21.7. The highest BCUT2D eigenvalue weighted by Gasteiger charge is 2.31. The Hall–Kier alpha value is -1.97. The molecule has 2 aliphatic rings. The fraction of sp³-hybridized carbons (Fsp3) is 0.600. The molecule has 1 fully saturated rings. The minimum Gasteiger partial charge on any atom is -0.365 e. The van der Waals surface area contributed by atoms with Gasteiger partial charge in [-0.3, -0.25) is 9.59 Å². The van der Waals surface area contributed by atoms with Crippen LogP contribution in [0.15, 0.2) is 23.1 Å². The summed E-state index contributed by atoms with van der Waals surface area (Å²) in [4.78, 5) is 27.0. The largest absolute Gasteiger partial charge is 0.365 e. The van der Waals surface area contributed by atoms with Crippen molar-refractivity contribution >= 4 is 21.8 Å². The van der Waals surface area contributed by atoms with Crippen molar-refractivity contribution in [2.24, 2.45) is 0 Å². The minimum atomic E-state index is -3.63. The Morgan fingerprint density at radius 2 is 1.86 bits per heavy atom. The van der Waals surface area contributed by atoms with Crippen molar-refractivity contribution < 1.29 is 22.7 Å². The van der Waals surface area contributed by atoms with E-state index in [0.29, 0.717) is 13.1 Å². The Morgan fingerprint density at radius 3 is 2.55 bits per heavy atom. The van der Waals surface area contributed by atoms with Gasteiger partial charge >= 0.3 is 0 Å². The van der Waals surface area contributed by atoms with E-state index in [9.17, 15) is 18.0 Å². The molecule has 1 heterocycles. The zero-order valence-corrected chi connectivity index (χ0v) is 17.8. The molecule has 3 rings (SSSR count). The van der Waals surface area contributed by atoms with Gasteiger partial charge in [0.25, 0.3) is 0 Å². The van der Waals surface area contributed by atoms with Crippen LogP contribution in [0.5, 0.6) is 0 Å². The van der Waals surface area contributed by atoms with Crippen molar-refractivity contribution in [1.29, 1.82) is 0 Å². The zero-order valence-electron chi connectivity index (χ0n) is 17.0. The van der Waals surface area contributed by atoms with Gasteiger partial charge in [0.2, 0.25) is 21.8 Å². The summed E-state index contributed by atoms with van der Waals surface area (Å²) in [6.07, 6.45) is 4.09. The minimum absolute atomic E-state index is 0.000272. The first-order chi connectivity index (χ1) is 13.8. The van der Waals surface area contributed by atoms with Crippen LogP contribution in [0.3, 0.4) is 0 Å². The summed E-state index contributed by atoms with van der Waals surface area (Å²) >= 11 is 0. The molecule has 0 atom stereocenters. The van der Waals surface area contributed by atoms with Crippen LogP contribution in [0.1, 0.15) is 30.4 Å². The van der Waals surface area contributed by atoms with Crippen molar-refractivity contribution in [3.05, 3.63) is 29.3 Å². The number of fused-ring (bicyclic) bond motifs is 1. The fourth-order valence-corrected chi connectivity index (χ4v) is 4.56. The molecular formula is C20H29N3O5S. The Kier molecular flexibility index (Phi) is 6.92. The molecule has 8 nitrogen and oxygen atoms in total. The third-order valence-electron chi connectivity index (χ3n) is 5.40. The fourth-order valence-electron chi connectivity index (χ4n) is 3.48. The molecule has 1 N–H and O–H groups in total. The summed E-state index contributed by atoms with van der Waals surface area (Å²) in [5, 5.41) is 0. The summed E-state index contributed by atoms with van der Waals surface area (Å²) < 4.78 is 33.0. The Bertz CT molecular complexity index is 863. The van der Waals surface area contributed by atoms with Gasteiger partial charge in [0.15, 0.2) is 0 Å². The van der Waals surface area contributed by atoms with Crippen LogP contribution >= 0.6 is 0 Å². The topological polar surface area (TPSA) is 96.0 Å². The van der Waals surface area contributed by atoms with Crippen LogP contribution in [-0.4, -0.2) is 76.5 Å². The summed E-state index contributed by atoms with van der Waals surface area (Å²) in [6.45, 7) is 0.911. The van der Waals surface area contributed by atoms with E-state index < -0.39 is 10.0 Å². The second kappa shape index (κ2) is 9.23. The number of carbonyl (C=O) groups excluding carboxylic acids is 2. The standard InChI is InChI=1S/C20H29N3O5S/c1-22(2)20(25)14-28-17-12-23(13-17)19(24)9-10-21-29(26,27)18-8-7-15-5-3-4-6-16(15)11-18/h7-8,11,17,21H,3-6,9-10,12-14H2,1-2H3. The molecule has 160 valence electrons. The number of benzene rings is 1. The number of ether oxygens (including phenoxy) is 1. The van der Waals surface area contributed by atoms with Crippen molar-refractivity contribution in [3.63, 3.8) is 0 Å². The molecule has 1 saturated heterocycles. The number of hydrogen-bond acceptors (Lipinski definition) is 5. The van der Waals surface area contributed by atoms with Crippen molar-refractivity contribution in [2.45, 2.75) is 43.1 Å². The predicted octanol–water partition coefficient (Wildman–Crippen LogP) is 0.549. The maximum atomic E-state index is 12.5. The van der Waals surface area contributed by atoms with Gasteiger partial charge in [-0.1, -0.05) is 6.07 Å². The maximum Gasteiger partial charge on any atom is 0.248 e. The number of aryl methyl sites for hydroxylation is 2. The lowest BCUT2D eigenvalue weighted by Gasteiger charge is -2.39. The molecule has 29 heavy (non-hydrogen) atoms. The molecule has 1 aliphatic carbocycles. The van der Waals surface area contributed by atoms with E-state index >= 15 is 0 Å². The van der Waals surface area contributed by atoms with Gasteiger partial charge < -0.3 is 14.5 Å². The number of nitrogens with zero attached hydrogens (tertiary/aromatic N) is 2. The Balaban J connectivity index is 1.41. The number of hydrogen-bond donors (Lipinski definition) is 1. The van der Waals surface area contributed by atoms with Crippen LogP contribution in [-0.2, 0) is 37.2 Å². The second-order valence-electron chi connectivity index (χ2n) is 7.81. The third kappa shape index (κ3) is 5.55. The quantitative estimate of drug-likeness (QED) is 0.659. The van der Waals surface area contributed by atoms with E-state index in [1.807, 2.05) is 6.07 Å². The van der Waals surface area contributed by atoms with E-state index in [4.69, 9.17) is 4.74 Å². The normalized spacial score (nSPS) is 16.8. The molecule has 0 saturated carbocycles. The number of nitrogens with one attached hydrogen (secondary N) is 1. The zero-order chi connectivity index (χ0) is 21.0. The average molecular weight is 424 g/mol. The van der Waals surface area contributed by atoms with Crippen LogP contribution in [0.2, 0.25) is 0 Å². The van der Waals surface area contributed by atoms with E-state index in [2.05, 4.69) is 4.72 Å². The highest BCUT2D eigenvalue weighted by Crippen LogP contribution is 2.24. The van der Waals surface area contributed by atoms with Gasteiger partial charge in [-0.05, 0) is 48.9 Å². The molecule has 0 bridgehead atoms. The summed E-state index contributed by atoms with van der Waals surface area (Å²) in [5.41, 5.74) is 2.33. The molecule has 1 aromatic carbocycles. The number of sulfonamides is 1. The van der Waals surface area contributed by atoms with Crippen LogP contribution in [0, 0.1) is 0 Å². The van der Waals surface area contributed by atoms with Gasteiger partial charge in [0, 0.05) is 40.2 Å². The monoisotopic (exact) mass is 423 g/mol. The van der Waals surface area contributed by atoms with Crippen molar-refractivity contribution in [3.8, 4) is 0 Å². The lowest BCUT2D eigenvalue weighted by Crippen LogP contribution is -2.55. The molecular weight excluding hydrogens is 394 g/mol. The number of likely N-dealkylation sites (tertiary alicyclic amines) is 1. The van der Waals surface area contributed by atoms with Gasteiger partial charge in [-0.2, -0.15) is 0 Å². The molecule has 0 unspecified atom stereocenters. The highest BCUT2D eigenvalue weighted by molar-refractivity contribution is 7.89. The Morgan fingerprint density at radius 1 is 1.17 bits per heavy atom. The van der Waals surface area contributed by atoms with Gasteiger partial charge in [0.05, 0.1) is 11.0 Å². The molecule has 1 aliphatic heterocycles. The van der Waals surface area contributed by atoms with Crippen molar-refractivity contribution in [1.82, 2.24) is 14.5 Å². The van der Waals surface area contributed by atoms with Crippen LogP contribution in [0.25, 0.3) is 0 Å².